The number of carbonyl (C=O) groups excluding carboxylic acids is 1. The number of hydrogen-bond acceptors (Lipinski definition) is 3. The third kappa shape index (κ3) is 3.44. The van der Waals surface area contributed by atoms with Crippen molar-refractivity contribution in [2.24, 2.45) is 0 Å². The number of Topliss-reactive ketones (excluding diaryl/α,β-unsaturated/α-hetero) is 1. The van der Waals surface area contributed by atoms with E-state index < -0.39 is 0 Å². The molecule has 0 heterocycles. The van der Waals surface area contributed by atoms with Crippen LogP contribution in [0.1, 0.15) is 29.3 Å². The molecule has 0 spiro atoms. The van der Waals surface area contributed by atoms with Crippen molar-refractivity contribution < 1.29 is 9.90 Å². The number of rotatable bonds is 4. The molecule has 0 amide bonds. The van der Waals surface area contributed by atoms with Gasteiger partial charge in [-0.1, -0.05) is 18.2 Å². The smallest absolute Gasteiger partial charge is 0.163 e. The molecule has 80 valence electrons. The zero-order valence-electron chi connectivity index (χ0n) is 8.60. The van der Waals surface area contributed by atoms with Gasteiger partial charge in [0, 0.05) is 0 Å². The molecule has 0 atom stereocenters. The maximum atomic E-state index is 11.2. The van der Waals surface area contributed by atoms with Crippen LogP contribution in [0.4, 0.5) is 0 Å². The lowest BCUT2D eigenvalue weighted by molar-refractivity contribution is 0.101. The van der Waals surface area contributed by atoms with Crippen LogP contribution in [0, 0.1) is 0 Å². The van der Waals surface area contributed by atoms with Crippen molar-refractivity contribution in [3.8, 4) is 5.75 Å². The van der Waals surface area contributed by atoms with Gasteiger partial charge in [-0.15, -0.1) is 0 Å². The molecule has 3 heteroatoms. The van der Waals surface area contributed by atoms with Crippen molar-refractivity contribution in [1.29, 1.82) is 0 Å². The number of thiol groups is 1. The summed E-state index contributed by atoms with van der Waals surface area (Å²) in [5, 5.41) is 9.42. The van der Waals surface area contributed by atoms with Crippen molar-refractivity contribution in [3.63, 3.8) is 0 Å². The highest BCUT2D eigenvalue weighted by molar-refractivity contribution is 7.80. The average Bonchev–Trinajstić information content (AvgIpc) is 2.20. The Kier molecular flexibility index (Phi) is 4.43. The van der Waals surface area contributed by atoms with E-state index in [1.54, 1.807) is 12.1 Å². The van der Waals surface area contributed by atoms with Crippen LogP contribution in [-0.4, -0.2) is 16.6 Å². The minimum absolute atomic E-state index is 0.0360. The normalized spacial score (nSPS) is 10.8. The van der Waals surface area contributed by atoms with Crippen LogP contribution < -0.4 is 0 Å². The van der Waals surface area contributed by atoms with Crippen LogP contribution >= 0.6 is 12.6 Å². The maximum Gasteiger partial charge on any atom is 0.163 e. The summed E-state index contributed by atoms with van der Waals surface area (Å²) in [5.74, 6) is 0.708. The second-order valence-corrected chi connectivity index (χ2v) is 3.69. The van der Waals surface area contributed by atoms with E-state index >= 15 is 0 Å². The Bertz CT molecular complexity index is 383. The first-order valence-corrected chi connectivity index (χ1v) is 5.39. The van der Waals surface area contributed by atoms with E-state index in [-0.39, 0.29) is 11.5 Å². The van der Waals surface area contributed by atoms with E-state index in [1.807, 2.05) is 12.2 Å². The highest BCUT2D eigenvalue weighted by Crippen LogP contribution is 2.19. The van der Waals surface area contributed by atoms with Gasteiger partial charge in [0.25, 0.3) is 0 Å². The summed E-state index contributed by atoms with van der Waals surface area (Å²) in [7, 11) is 0. The van der Waals surface area contributed by atoms with E-state index in [2.05, 4.69) is 12.6 Å². The molecule has 0 bridgehead atoms. The zero-order valence-corrected chi connectivity index (χ0v) is 9.50. The van der Waals surface area contributed by atoms with Crippen LogP contribution in [0.5, 0.6) is 5.75 Å². The minimum atomic E-state index is -0.128. The quantitative estimate of drug-likeness (QED) is 0.607. The van der Waals surface area contributed by atoms with Crippen molar-refractivity contribution >= 4 is 24.5 Å². The zero-order chi connectivity index (χ0) is 11.3. The Morgan fingerprint density at radius 3 is 2.87 bits per heavy atom. The predicted octanol–water partition coefficient (Wildman–Crippen LogP) is 2.93. The van der Waals surface area contributed by atoms with Gasteiger partial charge in [0.1, 0.15) is 5.75 Å². The summed E-state index contributed by atoms with van der Waals surface area (Å²) in [6.07, 6.45) is 4.80. The van der Waals surface area contributed by atoms with Crippen molar-refractivity contribution in [2.45, 2.75) is 13.3 Å². The van der Waals surface area contributed by atoms with Gasteiger partial charge in [-0.2, -0.15) is 12.6 Å². The Balaban J connectivity index is 2.92. The van der Waals surface area contributed by atoms with E-state index in [0.717, 1.165) is 17.7 Å². The molecular weight excluding hydrogens is 208 g/mol. The number of ketones is 1. The fourth-order valence-electron chi connectivity index (χ4n) is 1.23. The van der Waals surface area contributed by atoms with Crippen molar-refractivity contribution in [2.75, 3.05) is 5.75 Å². The molecule has 0 radical (unpaired) electrons. The topological polar surface area (TPSA) is 37.3 Å². The molecule has 0 saturated carbocycles. The van der Waals surface area contributed by atoms with E-state index in [1.165, 1.54) is 13.0 Å². The first kappa shape index (κ1) is 11.9. The fraction of sp³-hybridized carbons (Fsp3) is 0.250. The molecule has 15 heavy (non-hydrogen) atoms. The summed E-state index contributed by atoms with van der Waals surface area (Å²) in [6.45, 7) is 1.44. The van der Waals surface area contributed by atoms with Gasteiger partial charge in [0.15, 0.2) is 5.78 Å². The largest absolute Gasteiger partial charge is 0.507 e. The van der Waals surface area contributed by atoms with E-state index in [9.17, 15) is 9.90 Å². The van der Waals surface area contributed by atoms with Crippen LogP contribution in [0.3, 0.4) is 0 Å². The summed E-state index contributed by atoms with van der Waals surface area (Å²) in [5.41, 5.74) is 1.28. The Morgan fingerprint density at radius 2 is 2.27 bits per heavy atom. The number of benzene rings is 1. The molecule has 0 aliphatic carbocycles. The van der Waals surface area contributed by atoms with Gasteiger partial charge >= 0.3 is 0 Å². The fourth-order valence-corrected chi connectivity index (χ4v) is 1.38. The molecule has 1 aromatic carbocycles. The highest BCUT2D eigenvalue weighted by Gasteiger charge is 2.05. The minimum Gasteiger partial charge on any atom is -0.507 e. The summed E-state index contributed by atoms with van der Waals surface area (Å²) < 4.78 is 0. The molecule has 2 nitrogen and oxygen atoms in total. The number of aromatic hydroxyl groups is 1. The number of carbonyl (C=O) groups is 1. The molecule has 1 aromatic rings. The van der Waals surface area contributed by atoms with E-state index in [4.69, 9.17) is 0 Å². The first-order chi connectivity index (χ1) is 7.15. The Labute approximate surface area is 95.0 Å². The number of phenolic OH excluding ortho intramolecular Hbond substituents is 1. The summed E-state index contributed by atoms with van der Waals surface area (Å²) in [6, 6.07) is 5.00. The Hall–Kier alpha value is -1.22. The molecule has 0 unspecified atom stereocenters. The number of hydrogen-bond donors (Lipinski definition) is 2. The lowest BCUT2D eigenvalue weighted by Crippen LogP contribution is -1.92. The summed E-state index contributed by atoms with van der Waals surface area (Å²) >= 11 is 4.09. The Morgan fingerprint density at radius 1 is 1.53 bits per heavy atom. The lowest BCUT2D eigenvalue weighted by atomic mass is 10.1. The third-order valence-corrected chi connectivity index (χ3v) is 2.26. The molecule has 0 aliphatic rings. The number of allylic oxidation sites excluding steroid dienone is 1. The monoisotopic (exact) mass is 222 g/mol. The molecule has 0 aromatic heterocycles. The standard InChI is InChI=1S/C12H14O2S/c1-9(13)11-8-10(4-2-3-7-15)5-6-12(11)14/h2,4-6,8,14-15H,3,7H2,1H3. The number of phenols is 1. The molecule has 1 rings (SSSR count). The van der Waals surface area contributed by atoms with E-state index in [0.29, 0.717) is 5.56 Å². The molecule has 1 N–H and O–H groups in total. The van der Waals surface area contributed by atoms with Crippen molar-refractivity contribution in [3.05, 3.63) is 35.4 Å². The summed E-state index contributed by atoms with van der Waals surface area (Å²) in [4.78, 5) is 11.2. The lowest BCUT2D eigenvalue weighted by Gasteiger charge is -2.01. The second-order valence-electron chi connectivity index (χ2n) is 3.25. The van der Waals surface area contributed by atoms with Crippen LogP contribution in [0.15, 0.2) is 24.3 Å². The highest BCUT2D eigenvalue weighted by atomic mass is 32.1. The van der Waals surface area contributed by atoms with Gasteiger partial charge in [-0.25, -0.2) is 0 Å². The van der Waals surface area contributed by atoms with Gasteiger partial charge in [0.05, 0.1) is 5.56 Å². The first-order valence-electron chi connectivity index (χ1n) is 4.76. The van der Waals surface area contributed by atoms with Gasteiger partial charge in [0.2, 0.25) is 0 Å². The molecule has 0 fully saturated rings. The molecule has 0 saturated heterocycles. The average molecular weight is 222 g/mol. The second kappa shape index (κ2) is 5.61. The maximum absolute atomic E-state index is 11.2. The van der Waals surface area contributed by atoms with Gasteiger partial charge in [-0.05, 0) is 36.8 Å². The van der Waals surface area contributed by atoms with Crippen LogP contribution in [0.25, 0.3) is 6.08 Å². The molecule has 0 aliphatic heterocycles. The third-order valence-electron chi connectivity index (χ3n) is 2.01. The van der Waals surface area contributed by atoms with Gasteiger partial charge < -0.3 is 5.11 Å². The predicted molar refractivity (Wildman–Crippen MR) is 65.6 cm³/mol. The molecular formula is C12H14O2S. The van der Waals surface area contributed by atoms with Crippen LogP contribution in [0.2, 0.25) is 0 Å². The SMILES string of the molecule is CC(=O)c1cc(C=CCCS)ccc1O. The van der Waals surface area contributed by atoms with Crippen molar-refractivity contribution in [1.82, 2.24) is 0 Å². The van der Waals surface area contributed by atoms with Gasteiger partial charge in [-0.3, -0.25) is 4.79 Å². The van der Waals surface area contributed by atoms with Crippen LogP contribution in [-0.2, 0) is 0 Å².